The maximum absolute atomic E-state index is 13.9. The van der Waals surface area contributed by atoms with Crippen LogP contribution in [0.15, 0.2) is 0 Å². The summed E-state index contributed by atoms with van der Waals surface area (Å²) in [5, 5.41) is 9.42. The summed E-state index contributed by atoms with van der Waals surface area (Å²) in [4.78, 5) is 42.7. The van der Waals surface area contributed by atoms with E-state index in [0.717, 1.165) is 32.2 Å². The summed E-state index contributed by atoms with van der Waals surface area (Å²) >= 11 is 0. The Labute approximate surface area is 235 Å². The number of carbonyl (C=O) groups excluding carboxylic acids is 3. The number of alkyl halides is 3. The van der Waals surface area contributed by atoms with Gasteiger partial charge in [0.1, 0.15) is 0 Å². The molecular formula is C29H46F3N5O3. The first-order chi connectivity index (χ1) is 18.9. The fraction of sp³-hybridized carbons (Fsp3) is 0.897. The highest BCUT2D eigenvalue weighted by Crippen LogP contribution is 2.44. The quantitative estimate of drug-likeness (QED) is 0.484. The SMILES string of the molecule is CC1CC2C(CN1)CC(C1CC(NC(=O)C3CC(N4CCNC(=O)C4)CC(C(F)(F)F)C3)CCC1C)C(=O)N2C. The largest absolute Gasteiger partial charge is 0.391 e. The summed E-state index contributed by atoms with van der Waals surface area (Å²) in [5.74, 6) is -1.77. The highest BCUT2D eigenvalue weighted by Gasteiger charge is 2.49. The Hall–Kier alpha value is -1.88. The summed E-state index contributed by atoms with van der Waals surface area (Å²) in [6, 6.07) is 0.0711. The Balaban J connectivity index is 1.24. The summed E-state index contributed by atoms with van der Waals surface area (Å²) in [7, 11) is 1.93. The number of hydrogen-bond acceptors (Lipinski definition) is 5. The van der Waals surface area contributed by atoms with E-state index in [9.17, 15) is 27.6 Å². The van der Waals surface area contributed by atoms with Crippen molar-refractivity contribution < 1.29 is 27.6 Å². The van der Waals surface area contributed by atoms with E-state index in [0.29, 0.717) is 43.8 Å². The van der Waals surface area contributed by atoms with Crippen molar-refractivity contribution in [3.05, 3.63) is 0 Å². The molecule has 0 aromatic carbocycles. The first kappa shape index (κ1) is 29.6. The summed E-state index contributed by atoms with van der Waals surface area (Å²) < 4.78 is 41.7. The van der Waals surface area contributed by atoms with E-state index >= 15 is 0 Å². The molecular weight excluding hydrogens is 523 g/mol. The minimum Gasteiger partial charge on any atom is -0.354 e. The van der Waals surface area contributed by atoms with Crippen LogP contribution >= 0.6 is 0 Å². The van der Waals surface area contributed by atoms with Crippen LogP contribution in [0.2, 0.25) is 0 Å². The topological polar surface area (TPSA) is 93.8 Å². The molecule has 0 radical (unpaired) electrons. The van der Waals surface area contributed by atoms with Gasteiger partial charge >= 0.3 is 6.18 Å². The molecule has 5 aliphatic rings. The molecule has 40 heavy (non-hydrogen) atoms. The lowest BCUT2D eigenvalue weighted by Crippen LogP contribution is -2.60. The zero-order valence-corrected chi connectivity index (χ0v) is 24.0. The van der Waals surface area contributed by atoms with E-state index in [-0.39, 0.29) is 61.0 Å². The van der Waals surface area contributed by atoms with Crippen LogP contribution in [0.1, 0.15) is 65.2 Å². The van der Waals surface area contributed by atoms with Crippen LogP contribution in [0, 0.1) is 35.5 Å². The van der Waals surface area contributed by atoms with Crippen molar-refractivity contribution >= 4 is 17.7 Å². The fourth-order valence-corrected chi connectivity index (χ4v) is 8.46. The zero-order valence-electron chi connectivity index (χ0n) is 24.0. The van der Waals surface area contributed by atoms with Gasteiger partial charge in [-0.25, -0.2) is 0 Å². The number of likely N-dealkylation sites (tertiary alicyclic amines) is 1. The van der Waals surface area contributed by atoms with Crippen LogP contribution in [-0.4, -0.2) is 91.1 Å². The Bertz CT molecular complexity index is 964. The molecule has 3 heterocycles. The van der Waals surface area contributed by atoms with E-state index in [1.807, 2.05) is 16.8 Å². The number of rotatable bonds is 4. The van der Waals surface area contributed by atoms with Gasteiger partial charge in [0.2, 0.25) is 17.7 Å². The highest BCUT2D eigenvalue weighted by atomic mass is 19.4. The zero-order chi connectivity index (χ0) is 28.8. The van der Waals surface area contributed by atoms with Crippen LogP contribution in [0.4, 0.5) is 13.2 Å². The smallest absolute Gasteiger partial charge is 0.354 e. The van der Waals surface area contributed by atoms with Gasteiger partial charge < -0.3 is 20.9 Å². The number of piperazine rings is 1. The normalized spacial score (nSPS) is 41.7. The van der Waals surface area contributed by atoms with Gasteiger partial charge in [-0.3, -0.25) is 19.3 Å². The number of nitrogens with one attached hydrogen (secondary N) is 3. The number of halogens is 3. The van der Waals surface area contributed by atoms with Gasteiger partial charge in [0.25, 0.3) is 0 Å². The van der Waals surface area contributed by atoms with Crippen LogP contribution in [-0.2, 0) is 14.4 Å². The molecule has 8 nitrogen and oxygen atoms in total. The van der Waals surface area contributed by atoms with E-state index < -0.39 is 24.1 Å². The first-order valence-electron chi connectivity index (χ1n) is 15.3. The molecule has 3 amide bonds. The molecule has 0 aromatic heterocycles. The van der Waals surface area contributed by atoms with Gasteiger partial charge in [-0.1, -0.05) is 6.92 Å². The number of piperidine rings is 2. The van der Waals surface area contributed by atoms with E-state index in [1.165, 1.54) is 0 Å². The summed E-state index contributed by atoms with van der Waals surface area (Å²) in [5.41, 5.74) is 0. The number of fused-ring (bicyclic) bond motifs is 1. The monoisotopic (exact) mass is 569 g/mol. The van der Waals surface area contributed by atoms with E-state index in [4.69, 9.17) is 0 Å². The second-order valence-corrected chi connectivity index (χ2v) is 13.4. The second-order valence-electron chi connectivity index (χ2n) is 13.4. The Kier molecular flexibility index (Phi) is 8.72. The van der Waals surface area contributed by atoms with Crippen molar-refractivity contribution in [1.29, 1.82) is 0 Å². The number of amides is 3. The van der Waals surface area contributed by atoms with Gasteiger partial charge in [0.15, 0.2) is 0 Å². The Morgan fingerprint density at radius 2 is 1.80 bits per heavy atom. The average molecular weight is 570 g/mol. The molecule has 2 saturated carbocycles. The lowest BCUT2D eigenvalue weighted by atomic mass is 9.65. The molecule has 3 saturated heterocycles. The molecule has 10 unspecified atom stereocenters. The fourth-order valence-electron chi connectivity index (χ4n) is 8.46. The Morgan fingerprint density at radius 3 is 2.52 bits per heavy atom. The van der Waals surface area contributed by atoms with E-state index in [1.54, 1.807) is 0 Å². The molecule has 0 aromatic rings. The minimum atomic E-state index is -4.38. The lowest BCUT2D eigenvalue weighted by molar-refractivity contribution is -0.192. The maximum Gasteiger partial charge on any atom is 0.391 e. The molecule has 2 aliphatic carbocycles. The summed E-state index contributed by atoms with van der Waals surface area (Å²) in [6.07, 6.45) is -0.175. The van der Waals surface area contributed by atoms with Gasteiger partial charge in [-0.2, -0.15) is 13.2 Å². The molecule has 3 N–H and O–H groups in total. The Morgan fingerprint density at radius 1 is 1.02 bits per heavy atom. The molecule has 0 bridgehead atoms. The molecule has 3 aliphatic heterocycles. The summed E-state index contributed by atoms with van der Waals surface area (Å²) in [6.45, 7) is 6.24. The molecule has 5 fully saturated rings. The molecule has 0 spiro atoms. The van der Waals surface area contributed by atoms with Crippen molar-refractivity contribution in [3.63, 3.8) is 0 Å². The molecule has 226 valence electrons. The number of nitrogens with zero attached hydrogens (tertiary/aromatic N) is 2. The van der Waals surface area contributed by atoms with Gasteiger partial charge in [-0.15, -0.1) is 0 Å². The third-order valence-electron chi connectivity index (χ3n) is 10.8. The standard InChI is InChI=1S/C29H46F3N5O3/c1-16-4-5-21(13-23(16)24-11-19-14-34-17(2)8-25(19)36(3)28(24)40)35-27(39)18-9-20(29(30,31)32)12-22(10-18)37-7-6-33-26(38)15-37/h16-25,34H,4-15H2,1-3H3,(H,33,38)(H,35,39). The van der Waals surface area contributed by atoms with Gasteiger partial charge in [-0.05, 0) is 76.0 Å². The highest BCUT2D eigenvalue weighted by molar-refractivity contribution is 5.81. The van der Waals surface area contributed by atoms with Crippen molar-refractivity contribution in [2.24, 2.45) is 35.5 Å². The molecule has 10 atom stereocenters. The van der Waals surface area contributed by atoms with Crippen LogP contribution in [0.5, 0.6) is 0 Å². The van der Waals surface area contributed by atoms with Crippen LogP contribution in [0.3, 0.4) is 0 Å². The second kappa shape index (κ2) is 11.8. The van der Waals surface area contributed by atoms with Gasteiger partial charge in [0, 0.05) is 62.7 Å². The van der Waals surface area contributed by atoms with Gasteiger partial charge in [0.05, 0.1) is 12.5 Å². The van der Waals surface area contributed by atoms with Crippen LogP contribution < -0.4 is 16.0 Å². The molecule has 11 heteroatoms. The minimum absolute atomic E-state index is 0.0727. The number of hydrogen-bond donors (Lipinski definition) is 3. The van der Waals surface area contributed by atoms with Crippen molar-refractivity contribution in [2.75, 3.05) is 33.2 Å². The average Bonchev–Trinajstić information content (AvgIpc) is 2.91. The predicted molar refractivity (Wildman–Crippen MR) is 144 cm³/mol. The lowest BCUT2D eigenvalue weighted by Gasteiger charge is -2.50. The first-order valence-corrected chi connectivity index (χ1v) is 15.3. The predicted octanol–water partition coefficient (Wildman–Crippen LogP) is 2.53. The third-order valence-corrected chi connectivity index (χ3v) is 10.8. The number of carbonyl (C=O) groups is 3. The van der Waals surface area contributed by atoms with Crippen molar-refractivity contribution in [1.82, 2.24) is 25.8 Å². The van der Waals surface area contributed by atoms with Crippen molar-refractivity contribution in [2.45, 2.75) is 95.6 Å². The third kappa shape index (κ3) is 6.30. The van der Waals surface area contributed by atoms with E-state index in [2.05, 4.69) is 29.8 Å². The molecule has 5 rings (SSSR count). The van der Waals surface area contributed by atoms with Crippen LogP contribution in [0.25, 0.3) is 0 Å². The van der Waals surface area contributed by atoms with Crippen molar-refractivity contribution in [3.8, 4) is 0 Å². The maximum atomic E-state index is 13.9.